The predicted molar refractivity (Wildman–Crippen MR) is 61.2 cm³/mol. The zero-order valence-corrected chi connectivity index (χ0v) is 9.90. The van der Waals surface area contributed by atoms with E-state index in [0.29, 0.717) is 0 Å². The van der Waals surface area contributed by atoms with Crippen LogP contribution >= 0.6 is 0 Å². The molecule has 0 aromatic carbocycles. The summed E-state index contributed by atoms with van der Waals surface area (Å²) in [6.45, 7) is 5.12. The zero-order valence-electron chi connectivity index (χ0n) is 9.90. The molecule has 0 radical (unpaired) electrons. The normalized spacial score (nSPS) is 12.4. The quantitative estimate of drug-likeness (QED) is 0.461. The van der Waals surface area contributed by atoms with E-state index in [9.17, 15) is 9.18 Å². The first-order valence-electron chi connectivity index (χ1n) is 4.98. The topological polar surface area (TPSA) is 77.6 Å². The van der Waals surface area contributed by atoms with Gasteiger partial charge >= 0.3 is 6.09 Å². The summed E-state index contributed by atoms with van der Waals surface area (Å²) in [6, 6.07) is 4.05. The first kappa shape index (κ1) is 13.1. The highest BCUT2D eigenvalue weighted by Gasteiger charge is 2.16. The van der Waals surface area contributed by atoms with Gasteiger partial charge in [0.15, 0.2) is 5.84 Å². The molecule has 0 spiro atoms. The molecule has 0 aliphatic rings. The van der Waals surface area contributed by atoms with Crippen LogP contribution in [0.5, 0.6) is 0 Å². The molecule has 17 heavy (non-hydrogen) atoms. The molecule has 1 heterocycles. The number of hydrogen-bond donors (Lipinski definition) is 1. The number of hydrogen-bond acceptors (Lipinski definition) is 3. The van der Waals surface area contributed by atoms with Crippen molar-refractivity contribution in [3.05, 3.63) is 29.8 Å². The summed E-state index contributed by atoms with van der Waals surface area (Å²) in [4.78, 5) is 18.3. The molecule has 92 valence electrons. The lowest BCUT2D eigenvalue weighted by Crippen LogP contribution is -2.24. The molecule has 1 aromatic rings. The molecule has 0 fully saturated rings. The molecule has 1 aromatic heterocycles. The van der Waals surface area contributed by atoms with Crippen LogP contribution in [0.2, 0.25) is 0 Å². The first-order valence-corrected chi connectivity index (χ1v) is 4.98. The van der Waals surface area contributed by atoms with Crippen molar-refractivity contribution in [3.8, 4) is 0 Å². The van der Waals surface area contributed by atoms with Gasteiger partial charge in [0.05, 0.1) is 0 Å². The standard InChI is InChI=1S/C11H14FN3O2/c1-11(2,3)17-10(16)15-9(13)7-5-4-6-8(12)14-7/h4-6H,1-3H3,(H2,13,15,16). The Morgan fingerprint density at radius 1 is 1.47 bits per heavy atom. The number of aromatic nitrogens is 1. The number of carbonyl (C=O) groups excluding carboxylic acids is 1. The SMILES string of the molecule is CC(C)(C)OC(=O)N=C(N)c1cccc(F)n1. The van der Waals surface area contributed by atoms with E-state index in [-0.39, 0.29) is 11.5 Å². The number of rotatable bonds is 1. The number of amidine groups is 1. The number of aliphatic imine (C=N–C) groups is 1. The van der Waals surface area contributed by atoms with Crippen LogP contribution in [-0.2, 0) is 4.74 Å². The molecule has 2 N–H and O–H groups in total. The summed E-state index contributed by atoms with van der Waals surface area (Å²) >= 11 is 0. The van der Waals surface area contributed by atoms with Crippen molar-refractivity contribution in [1.29, 1.82) is 0 Å². The van der Waals surface area contributed by atoms with E-state index in [2.05, 4.69) is 9.98 Å². The average Bonchev–Trinajstić information content (AvgIpc) is 2.14. The summed E-state index contributed by atoms with van der Waals surface area (Å²) in [7, 11) is 0. The van der Waals surface area contributed by atoms with Crippen LogP contribution in [0, 0.1) is 5.95 Å². The Hall–Kier alpha value is -1.98. The van der Waals surface area contributed by atoms with Crippen LogP contribution < -0.4 is 5.73 Å². The Morgan fingerprint density at radius 2 is 2.12 bits per heavy atom. The molecule has 0 saturated heterocycles. The van der Waals surface area contributed by atoms with Gasteiger partial charge in [-0.25, -0.2) is 9.78 Å². The molecular weight excluding hydrogens is 225 g/mol. The molecule has 6 heteroatoms. The van der Waals surface area contributed by atoms with E-state index >= 15 is 0 Å². The van der Waals surface area contributed by atoms with Crippen molar-refractivity contribution in [2.24, 2.45) is 10.7 Å². The van der Waals surface area contributed by atoms with Crippen molar-refractivity contribution >= 4 is 11.9 Å². The van der Waals surface area contributed by atoms with Crippen LogP contribution in [-0.4, -0.2) is 22.5 Å². The molecule has 1 amide bonds. The van der Waals surface area contributed by atoms with E-state index in [4.69, 9.17) is 10.5 Å². The Kier molecular flexibility index (Phi) is 3.77. The fourth-order valence-electron chi connectivity index (χ4n) is 0.991. The zero-order chi connectivity index (χ0) is 13.1. The minimum atomic E-state index is -0.832. The third-order valence-corrected chi connectivity index (χ3v) is 1.58. The van der Waals surface area contributed by atoms with Gasteiger partial charge < -0.3 is 10.5 Å². The molecule has 1 rings (SSSR count). The van der Waals surface area contributed by atoms with Crippen LogP contribution in [0.4, 0.5) is 9.18 Å². The number of amides is 1. The highest BCUT2D eigenvalue weighted by Crippen LogP contribution is 2.08. The summed E-state index contributed by atoms with van der Waals surface area (Å²) < 4.78 is 17.7. The lowest BCUT2D eigenvalue weighted by molar-refractivity contribution is 0.0604. The summed E-state index contributed by atoms with van der Waals surface area (Å²) in [5.74, 6) is -0.872. The average molecular weight is 239 g/mol. The smallest absolute Gasteiger partial charge is 0.436 e. The monoisotopic (exact) mass is 239 g/mol. The largest absolute Gasteiger partial charge is 0.442 e. The van der Waals surface area contributed by atoms with Crippen molar-refractivity contribution in [1.82, 2.24) is 4.98 Å². The van der Waals surface area contributed by atoms with Crippen LogP contribution in [0.1, 0.15) is 26.5 Å². The summed E-state index contributed by atoms with van der Waals surface area (Å²) in [5.41, 5.74) is 4.94. The van der Waals surface area contributed by atoms with Crippen molar-refractivity contribution < 1.29 is 13.9 Å². The Morgan fingerprint density at radius 3 is 2.65 bits per heavy atom. The van der Waals surface area contributed by atoms with E-state index in [1.165, 1.54) is 18.2 Å². The number of ether oxygens (including phenoxy) is 1. The Labute approximate surface area is 98.5 Å². The lowest BCUT2D eigenvalue weighted by atomic mass is 10.2. The van der Waals surface area contributed by atoms with Gasteiger partial charge in [-0.15, -0.1) is 0 Å². The third kappa shape index (κ3) is 4.58. The van der Waals surface area contributed by atoms with E-state index in [0.717, 1.165) is 0 Å². The van der Waals surface area contributed by atoms with Gasteiger partial charge in [0.1, 0.15) is 11.3 Å². The molecule has 0 bridgehead atoms. The van der Waals surface area contributed by atoms with Crippen molar-refractivity contribution in [2.45, 2.75) is 26.4 Å². The van der Waals surface area contributed by atoms with Crippen LogP contribution in [0.25, 0.3) is 0 Å². The van der Waals surface area contributed by atoms with Crippen LogP contribution in [0.15, 0.2) is 23.2 Å². The lowest BCUT2D eigenvalue weighted by Gasteiger charge is -2.17. The van der Waals surface area contributed by atoms with Crippen molar-refractivity contribution in [3.63, 3.8) is 0 Å². The van der Waals surface area contributed by atoms with E-state index in [1.807, 2.05) is 0 Å². The second kappa shape index (κ2) is 4.90. The molecule has 0 unspecified atom stereocenters. The van der Waals surface area contributed by atoms with Gasteiger partial charge in [-0.1, -0.05) is 6.07 Å². The highest BCUT2D eigenvalue weighted by molar-refractivity contribution is 6.01. The number of halogens is 1. The van der Waals surface area contributed by atoms with Crippen LogP contribution in [0.3, 0.4) is 0 Å². The fraction of sp³-hybridized carbons (Fsp3) is 0.364. The maximum Gasteiger partial charge on any atom is 0.436 e. The van der Waals surface area contributed by atoms with Gasteiger partial charge in [-0.05, 0) is 32.9 Å². The maximum absolute atomic E-state index is 12.8. The molecular formula is C11H14FN3O2. The second-order valence-corrected chi connectivity index (χ2v) is 4.32. The first-order chi connectivity index (χ1) is 7.78. The summed E-state index contributed by atoms with van der Waals surface area (Å²) in [6.07, 6.45) is -0.832. The maximum atomic E-state index is 12.8. The minimum Gasteiger partial charge on any atom is -0.442 e. The predicted octanol–water partition coefficient (Wildman–Crippen LogP) is 1.86. The number of nitrogens with zero attached hydrogens (tertiary/aromatic N) is 2. The summed E-state index contributed by atoms with van der Waals surface area (Å²) in [5, 5.41) is 0. The molecule has 0 atom stereocenters. The Balaban J connectivity index is 2.83. The number of carbonyl (C=O) groups is 1. The fourth-order valence-corrected chi connectivity index (χ4v) is 0.991. The molecule has 0 saturated carbocycles. The van der Waals surface area contributed by atoms with Gasteiger partial charge in [-0.2, -0.15) is 9.38 Å². The molecule has 0 aliphatic carbocycles. The molecule has 0 aliphatic heterocycles. The van der Waals surface area contributed by atoms with Gasteiger partial charge in [0.2, 0.25) is 5.95 Å². The van der Waals surface area contributed by atoms with Gasteiger partial charge in [0.25, 0.3) is 0 Å². The molecule has 5 nitrogen and oxygen atoms in total. The minimum absolute atomic E-state index is 0.0934. The second-order valence-electron chi connectivity index (χ2n) is 4.32. The number of nitrogens with two attached hydrogens (primary N) is 1. The van der Waals surface area contributed by atoms with E-state index in [1.54, 1.807) is 20.8 Å². The van der Waals surface area contributed by atoms with Gasteiger partial charge in [-0.3, -0.25) is 0 Å². The van der Waals surface area contributed by atoms with Crippen molar-refractivity contribution in [2.75, 3.05) is 0 Å². The highest BCUT2D eigenvalue weighted by atomic mass is 19.1. The Bertz CT molecular complexity index is 452. The van der Waals surface area contributed by atoms with E-state index < -0.39 is 17.6 Å². The third-order valence-electron chi connectivity index (χ3n) is 1.58. The van der Waals surface area contributed by atoms with Gasteiger partial charge in [0, 0.05) is 0 Å². The number of pyridine rings is 1.